The Hall–Kier alpha value is -3.18. The molecule has 0 atom stereocenters. The van der Waals surface area contributed by atoms with Gasteiger partial charge in [0, 0.05) is 9.77 Å². The van der Waals surface area contributed by atoms with E-state index in [1.165, 1.54) is 31.4 Å². The molecule has 0 spiro atoms. The highest BCUT2D eigenvalue weighted by atomic mass is 127. The second kappa shape index (κ2) is 11.3. The summed E-state index contributed by atoms with van der Waals surface area (Å²) >= 11 is 1.96. The fourth-order valence-electron chi connectivity index (χ4n) is 2.92. The number of carbonyl (C=O) groups is 2. The third-order valence-corrected chi connectivity index (χ3v) is 7.04. The van der Waals surface area contributed by atoms with E-state index in [4.69, 9.17) is 9.47 Å². The van der Waals surface area contributed by atoms with Crippen LogP contribution >= 0.6 is 22.6 Å². The van der Waals surface area contributed by atoms with Crippen molar-refractivity contribution in [3.63, 3.8) is 0 Å². The van der Waals surface area contributed by atoms with Crippen LogP contribution in [0.25, 0.3) is 0 Å². The number of nitrogens with zero attached hydrogens (tertiary/aromatic N) is 1. The molecule has 1 amide bonds. The minimum absolute atomic E-state index is 0.00550. The lowest BCUT2D eigenvalue weighted by Crippen LogP contribution is -2.27. The van der Waals surface area contributed by atoms with Crippen LogP contribution in [0.5, 0.6) is 0 Å². The average molecular weight is 591 g/mol. The van der Waals surface area contributed by atoms with E-state index in [9.17, 15) is 18.0 Å². The Morgan fingerprint density at radius 2 is 1.68 bits per heavy atom. The first-order valence-electron chi connectivity index (χ1n) is 10.1. The summed E-state index contributed by atoms with van der Waals surface area (Å²) in [6, 6.07) is 20.1. The fourth-order valence-corrected chi connectivity index (χ4v) is 4.65. The SMILES string of the molecule is COC(=O)c1ccc(N(/C=C\S(=O)(=O)c2ccc(C)cc2)C(=O)OCc2ccccc2)c(I)c1. The standard InChI is InChI=1S/C25H22INO6S/c1-18-8-11-21(12-9-18)34(30,31)15-14-27(25(29)33-17-19-6-4-3-5-7-19)23-13-10-20(16-22(23)26)24(28)32-2/h3-16H,17H2,1-2H3/b15-14-. The molecule has 3 aromatic carbocycles. The fraction of sp³-hybridized carbons (Fsp3) is 0.120. The van der Waals surface area contributed by atoms with Crippen LogP contribution < -0.4 is 4.90 Å². The molecule has 0 fully saturated rings. The zero-order valence-corrected chi connectivity index (χ0v) is 21.4. The normalized spacial score (nSPS) is 11.3. The Kier molecular flexibility index (Phi) is 8.46. The van der Waals surface area contributed by atoms with Gasteiger partial charge in [-0.2, -0.15) is 0 Å². The molecule has 0 aliphatic rings. The molecule has 0 aliphatic heterocycles. The van der Waals surface area contributed by atoms with Crippen molar-refractivity contribution >= 4 is 50.2 Å². The van der Waals surface area contributed by atoms with Crippen LogP contribution in [0.2, 0.25) is 0 Å². The molecule has 0 N–H and O–H groups in total. The monoisotopic (exact) mass is 591 g/mol. The van der Waals surface area contributed by atoms with E-state index >= 15 is 0 Å². The quantitative estimate of drug-likeness (QED) is 0.267. The molecule has 3 rings (SSSR count). The topological polar surface area (TPSA) is 90.0 Å². The zero-order chi connectivity index (χ0) is 24.7. The van der Waals surface area contributed by atoms with Crippen molar-refractivity contribution in [3.05, 3.63) is 105 Å². The molecule has 7 nitrogen and oxygen atoms in total. The Morgan fingerprint density at radius 3 is 2.29 bits per heavy atom. The number of hydrogen-bond acceptors (Lipinski definition) is 6. The van der Waals surface area contributed by atoms with E-state index < -0.39 is 21.9 Å². The molecular weight excluding hydrogens is 569 g/mol. The second-order valence-corrected chi connectivity index (χ2v) is 10.2. The summed E-state index contributed by atoms with van der Waals surface area (Å²) in [5, 5.41) is 0.950. The van der Waals surface area contributed by atoms with Crippen LogP contribution in [0.4, 0.5) is 10.5 Å². The summed E-state index contributed by atoms with van der Waals surface area (Å²) in [7, 11) is -2.55. The van der Waals surface area contributed by atoms with Crippen LogP contribution in [-0.4, -0.2) is 27.6 Å². The van der Waals surface area contributed by atoms with Gasteiger partial charge in [0.1, 0.15) is 6.61 Å². The van der Waals surface area contributed by atoms with E-state index in [0.717, 1.165) is 27.6 Å². The number of esters is 1. The number of hydrogen-bond donors (Lipinski definition) is 0. The predicted octanol–water partition coefficient (Wildman–Crippen LogP) is 5.47. The average Bonchev–Trinajstić information content (AvgIpc) is 2.84. The summed E-state index contributed by atoms with van der Waals surface area (Å²) in [5.41, 5.74) is 2.35. The van der Waals surface area contributed by atoms with Gasteiger partial charge in [0.25, 0.3) is 0 Å². The Labute approximate surface area is 212 Å². The molecule has 0 bridgehead atoms. The minimum atomic E-state index is -3.83. The first-order chi connectivity index (χ1) is 16.2. The van der Waals surface area contributed by atoms with Crippen LogP contribution in [0, 0.1) is 10.5 Å². The highest BCUT2D eigenvalue weighted by Crippen LogP contribution is 2.26. The van der Waals surface area contributed by atoms with Crippen molar-refractivity contribution in [1.82, 2.24) is 0 Å². The van der Waals surface area contributed by atoms with E-state index in [0.29, 0.717) is 14.8 Å². The maximum Gasteiger partial charge on any atom is 0.418 e. The molecular formula is C25H22INO6S. The summed E-state index contributed by atoms with van der Waals surface area (Å²) in [6.07, 6.45) is 0.376. The van der Waals surface area contributed by atoms with Crippen molar-refractivity contribution in [2.24, 2.45) is 0 Å². The van der Waals surface area contributed by atoms with Gasteiger partial charge < -0.3 is 9.47 Å². The molecule has 9 heteroatoms. The third-order valence-electron chi connectivity index (χ3n) is 4.77. The van der Waals surface area contributed by atoms with Crippen LogP contribution in [0.15, 0.2) is 89.3 Å². The first kappa shape index (κ1) is 25.4. The van der Waals surface area contributed by atoms with Crippen molar-refractivity contribution in [2.75, 3.05) is 12.0 Å². The number of rotatable bonds is 7. The highest BCUT2D eigenvalue weighted by molar-refractivity contribution is 14.1. The van der Waals surface area contributed by atoms with E-state index in [2.05, 4.69) is 0 Å². The number of carbonyl (C=O) groups excluding carboxylic acids is 2. The lowest BCUT2D eigenvalue weighted by atomic mass is 10.2. The van der Waals surface area contributed by atoms with Gasteiger partial charge in [0.15, 0.2) is 0 Å². The van der Waals surface area contributed by atoms with Gasteiger partial charge in [-0.3, -0.25) is 4.90 Å². The van der Waals surface area contributed by atoms with Crippen LogP contribution in [0.3, 0.4) is 0 Å². The van der Waals surface area contributed by atoms with Gasteiger partial charge in [-0.05, 0) is 65.4 Å². The Balaban J connectivity index is 1.94. The molecule has 0 radical (unpaired) electrons. The minimum Gasteiger partial charge on any atom is -0.465 e. The Morgan fingerprint density at radius 1 is 1.00 bits per heavy atom. The molecule has 34 heavy (non-hydrogen) atoms. The summed E-state index contributed by atoms with van der Waals surface area (Å²) in [5.74, 6) is -0.528. The molecule has 3 aromatic rings. The molecule has 176 valence electrons. The predicted molar refractivity (Wildman–Crippen MR) is 137 cm³/mol. The second-order valence-electron chi connectivity index (χ2n) is 7.21. The van der Waals surface area contributed by atoms with Crippen molar-refractivity contribution < 1.29 is 27.5 Å². The molecule has 0 saturated carbocycles. The zero-order valence-electron chi connectivity index (χ0n) is 18.5. The number of methoxy groups -OCH3 is 1. The lowest BCUT2D eigenvalue weighted by molar-refractivity contribution is 0.0600. The van der Waals surface area contributed by atoms with Gasteiger partial charge in [-0.15, -0.1) is 0 Å². The maximum atomic E-state index is 13.0. The number of benzene rings is 3. The number of ether oxygens (including phenoxy) is 2. The van der Waals surface area contributed by atoms with Gasteiger partial charge in [0.2, 0.25) is 9.84 Å². The van der Waals surface area contributed by atoms with E-state index in [1.54, 1.807) is 18.2 Å². The van der Waals surface area contributed by atoms with Gasteiger partial charge in [0.05, 0.1) is 28.7 Å². The van der Waals surface area contributed by atoms with Crippen LogP contribution in [-0.2, 0) is 25.9 Å². The lowest BCUT2D eigenvalue weighted by Gasteiger charge is -2.20. The largest absolute Gasteiger partial charge is 0.465 e. The number of aryl methyl sites for hydroxylation is 1. The molecule has 0 unspecified atom stereocenters. The van der Waals surface area contributed by atoms with E-state index in [1.807, 2.05) is 59.8 Å². The smallest absolute Gasteiger partial charge is 0.418 e. The summed E-state index contributed by atoms with van der Waals surface area (Å²) in [6.45, 7) is 1.86. The molecule has 0 heterocycles. The summed E-state index contributed by atoms with van der Waals surface area (Å²) < 4.78 is 36.3. The van der Waals surface area contributed by atoms with Gasteiger partial charge in [-0.25, -0.2) is 18.0 Å². The molecule has 0 aliphatic carbocycles. The van der Waals surface area contributed by atoms with Crippen molar-refractivity contribution in [2.45, 2.75) is 18.4 Å². The molecule has 0 saturated heterocycles. The summed E-state index contributed by atoms with van der Waals surface area (Å²) in [4.78, 5) is 26.1. The maximum absolute atomic E-state index is 13.0. The highest BCUT2D eigenvalue weighted by Gasteiger charge is 2.21. The number of halogens is 1. The number of sulfone groups is 1. The number of amides is 1. The van der Waals surface area contributed by atoms with E-state index in [-0.39, 0.29) is 11.5 Å². The van der Waals surface area contributed by atoms with Crippen LogP contribution in [0.1, 0.15) is 21.5 Å². The van der Waals surface area contributed by atoms with Gasteiger partial charge >= 0.3 is 12.1 Å². The number of anilines is 1. The molecule has 0 aromatic heterocycles. The van der Waals surface area contributed by atoms with Gasteiger partial charge in [-0.1, -0.05) is 48.0 Å². The van der Waals surface area contributed by atoms with Crippen molar-refractivity contribution in [1.29, 1.82) is 0 Å². The van der Waals surface area contributed by atoms with Crippen molar-refractivity contribution in [3.8, 4) is 0 Å². The third kappa shape index (κ3) is 6.45. The Bertz CT molecular complexity index is 1300. The first-order valence-corrected chi connectivity index (χ1v) is 12.7.